The summed E-state index contributed by atoms with van der Waals surface area (Å²) in [6.07, 6.45) is 0.956. The number of nitrogens with two attached hydrogens (primary N) is 2. The Labute approximate surface area is 453 Å². The maximum absolute atomic E-state index is 14.5. The van der Waals surface area contributed by atoms with Gasteiger partial charge in [0.1, 0.15) is 30.0 Å². The third kappa shape index (κ3) is 15.4. The third-order valence-corrected chi connectivity index (χ3v) is 17.2. The SMILES string of the molecule is CC[C@H]1OC(=O)[C@H](C)[C@@H](O[C@H]2C[C@@](C)(OC)[C@@H](O)[C@H](C)O2)[C@H](C)[C@@H](O[C@@H]2O[C@H](C)C[C@H](N(C)CCC3=CN(CCCCc4ccc(N(N)/C=C(\N)C5CC5)cc4)NN3)[C@H]2O)[C@](C)(O)C[C@@H](C)CN(C)[C@H](C)[C@@H](O)[C@]1(C)O. The Hall–Kier alpha value is -3.19. The second-order valence-electron chi connectivity index (χ2n) is 24.0. The monoisotopic (exact) mass is 1070 g/mol. The molecule has 4 aliphatic heterocycles. The molecule has 0 unspecified atom stereocenters. The molecule has 4 fully saturated rings. The number of ether oxygens (including phenoxy) is 6. The van der Waals surface area contributed by atoms with Gasteiger partial charge in [-0.05, 0) is 138 Å². The van der Waals surface area contributed by atoms with Crippen LogP contribution in [0.5, 0.6) is 0 Å². The topological polar surface area (TPSA) is 263 Å². The molecule has 76 heavy (non-hydrogen) atoms. The Morgan fingerprint density at radius 3 is 2.29 bits per heavy atom. The number of hydrazine groups is 3. The maximum Gasteiger partial charge on any atom is 0.311 e. The van der Waals surface area contributed by atoms with Crippen LogP contribution in [0.4, 0.5) is 5.69 Å². The van der Waals surface area contributed by atoms with Gasteiger partial charge < -0.3 is 74.9 Å². The smallest absolute Gasteiger partial charge is 0.311 e. The van der Waals surface area contributed by atoms with Crippen LogP contribution in [0, 0.1) is 23.7 Å². The molecule has 20 heteroatoms. The van der Waals surface area contributed by atoms with Crippen LogP contribution in [0.3, 0.4) is 0 Å². The molecule has 1 aromatic carbocycles. The summed E-state index contributed by atoms with van der Waals surface area (Å²) in [5, 5.41) is 63.5. The molecular formula is C56H98N8O12. The minimum absolute atomic E-state index is 0.110. The largest absolute Gasteiger partial charge is 0.459 e. The lowest BCUT2D eigenvalue weighted by Gasteiger charge is -2.49. The van der Waals surface area contributed by atoms with Crippen molar-refractivity contribution in [2.75, 3.05) is 45.8 Å². The number of carbonyl (C=O) groups excluding carboxylic acids is 1. The number of methoxy groups -OCH3 is 1. The van der Waals surface area contributed by atoms with E-state index < -0.39 is 96.0 Å². The number of allylic oxidation sites excluding steroid dienone is 1. The number of carbonyl (C=O) groups is 1. The van der Waals surface area contributed by atoms with E-state index >= 15 is 0 Å². The second kappa shape index (κ2) is 26.4. The fourth-order valence-corrected chi connectivity index (χ4v) is 12.0. The number of aliphatic hydroxyl groups excluding tert-OH is 3. The van der Waals surface area contributed by atoms with Gasteiger partial charge in [-0.25, -0.2) is 5.84 Å². The molecule has 11 N–H and O–H groups in total. The van der Waals surface area contributed by atoms with Crippen molar-refractivity contribution < 1.29 is 58.7 Å². The normalized spacial score (nSPS) is 39.8. The average Bonchev–Trinajstić information content (AvgIpc) is 4.14. The first-order valence-corrected chi connectivity index (χ1v) is 28.0. The number of nitrogens with one attached hydrogen (secondary N) is 2. The highest BCUT2D eigenvalue weighted by Crippen LogP contribution is 2.41. The van der Waals surface area contributed by atoms with Crippen molar-refractivity contribution in [1.82, 2.24) is 25.8 Å². The van der Waals surface area contributed by atoms with Crippen molar-refractivity contribution in [3.8, 4) is 0 Å². The standard InChI is InChI=1S/C56H98N8O12/c1-14-45-56(10,70)49(66)37(6)62(12)30-33(2)28-54(8,69)51(35(4)48(36(5)52(68)74-45)75-46-29-55(9,71-13)50(67)38(7)73-46)76-53-47(65)44(27-34(3)72-53)61(11)26-24-41-31-63(60-59-41)25-16-15-17-39-18-22-42(23-19-39)64(58)32-43(57)40-20-21-40/h18-19,22-23,31-38,40,44-51,53,59-60,65-67,69-70H,14-17,20-21,24-30,57-58H2,1-13H3/b43-32-/t33-,34-,35+,36-,37-,38+,44+,45-,46+,47-,48+,49-,50+,51-,53+,54-,55-,56-/m1/s1. The van der Waals surface area contributed by atoms with E-state index in [1.807, 2.05) is 65.0 Å². The fraction of sp³-hybridized carbons (Fsp3) is 0.804. The summed E-state index contributed by atoms with van der Waals surface area (Å²) in [5.74, 6) is 3.97. The lowest BCUT2D eigenvalue weighted by molar-refractivity contribution is -0.318. The minimum atomic E-state index is -1.83. The molecule has 18 atom stereocenters. The van der Waals surface area contributed by atoms with E-state index in [0.717, 1.165) is 55.7 Å². The van der Waals surface area contributed by atoms with Crippen LogP contribution >= 0.6 is 0 Å². The van der Waals surface area contributed by atoms with Crippen molar-refractivity contribution in [3.63, 3.8) is 0 Å². The number of anilines is 1. The van der Waals surface area contributed by atoms with Crippen molar-refractivity contribution in [1.29, 1.82) is 0 Å². The van der Waals surface area contributed by atoms with Crippen LogP contribution in [0.1, 0.15) is 133 Å². The van der Waals surface area contributed by atoms with Gasteiger partial charge in [-0.1, -0.05) is 32.9 Å². The first-order valence-electron chi connectivity index (χ1n) is 28.0. The van der Waals surface area contributed by atoms with Crippen LogP contribution in [0.2, 0.25) is 0 Å². The summed E-state index contributed by atoms with van der Waals surface area (Å²) < 4.78 is 38.4. The van der Waals surface area contributed by atoms with Crippen LogP contribution in [-0.4, -0.2) is 177 Å². The number of hydrogen-bond acceptors (Lipinski definition) is 20. The molecular weight excluding hydrogens is 977 g/mol. The molecule has 4 heterocycles. The van der Waals surface area contributed by atoms with Crippen LogP contribution in [0.25, 0.3) is 0 Å². The molecule has 0 spiro atoms. The van der Waals surface area contributed by atoms with Crippen molar-refractivity contribution in [2.45, 2.75) is 224 Å². The van der Waals surface area contributed by atoms with Crippen LogP contribution < -0.4 is 27.5 Å². The van der Waals surface area contributed by atoms with E-state index in [9.17, 15) is 30.3 Å². The molecule has 1 saturated carbocycles. The van der Waals surface area contributed by atoms with E-state index in [0.29, 0.717) is 31.8 Å². The number of aliphatic hydroxyl groups is 5. The highest BCUT2D eigenvalue weighted by molar-refractivity contribution is 5.73. The van der Waals surface area contributed by atoms with Gasteiger partial charge in [0.05, 0.1) is 47.2 Å². The fourth-order valence-electron chi connectivity index (χ4n) is 12.0. The molecule has 0 aromatic heterocycles. The summed E-state index contributed by atoms with van der Waals surface area (Å²) in [6.45, 7) is 19.6. The summed E-state index contributed by atoms with van der Waals surface area (Å²) in [6, 6.07) is 7.36. The van der Waals surface area contributed by atoms with Crippen molar-refractivity contribution in [3.05, 3.63) is 53.6 Å². The van der Waals surface area contributed by atoms with Gasteiger partial charge in [0, 0.05) is 87.3 Å². The number of benzene rings is 1. The van der Waals surface area contributed by atoms with Gasteiger partial charge in [-0.3, -0.25) is 14.8 Å². The summed E-state index contributed by atoms with van der Waals surface area (Å²) in [4.78, 5) is 18.6. The Balaban J connectivity index is 1.15. The summed E-state index contributed by atoms with van der Waals surface area (Å²) in [5.41, 5.74) is 12.2. The lowest BCUT2D eigenvalue weighted by atomic mass is 9.77. The zero-order chi connectivity index (χ0) is 56.0. The zero-order valence-corrected chi connectivity index (χ0v) is 47.9. The van der Waals surface area contributed by atoms with Crippen LogP contribution in [0.15, 0.2) is 48.1 Å². The Bertz CT molecular complexity index is 2060. The van der Waals surface area contributed by atoms with Gasteiger partial charge in [-0.15, -0.1) is 5.53 Å². The highest BCUT2D eigenvalue weighted by atomic mass is 16.7. The lowest BCUT2D eigenvalue weighted by Crippen LogP contribution is -2.61. The van der Waals surface area contributed by atoms with Gasteiger partial charge in [0.25, 0.3) is 0 Å². The first-order chi connectivity index (χ1) is 35.7. The van der Waals surface area contributed by atoms with E-state index in [-0.39, 0.29) is 37.3 Å². The van der Waals surface area contributed by atoms with Gasteiger partial charge in [0.15, 0.2) is 12.6 Å². The Morgan fingerprint density at radius 2 is 1.64 bits per heavy atom. The summed E-state index contributed by atoms with van der Waals surface area (Å²) in [7, 11) is 5.34. The van der Waals surface area contributed by atoms with E-state index in [2.05, 4.69) is 39.2 Å². The third-order valence-electron chi connectivity index (χ3n) is 17.2. The first kappa shape index (κ1) is 62.0. The zero-order valence-electron chi connectivity index (χ0n) is 47.9. The number of rotatable bonds is 18. The maximum atomic E-state index is 14.5. The predicted octanol–water partition coefficient (Wildman–Crippen LogP) is 3.74. The number of cyclic esters (lactones) is 1. The van der Waals surface area contributed by atoms with Crippen molar-refractivity contribution in [2.24, 2.45) is 35.2 Å². The van der Waals surface area contributed by atoms with Gasteiger partial charge in [0.2, 0.25) is 0 Å². The molecule has 3 saturated heterocycles. The molecule has 1 aromatic rings. The number of hydrogen-bond donors (Lipinski definition) is 9. The van der Waals surface area contributed by atoms with Crippen LogP contribution in [-0.2, 0) is 39.6 Å². The number of unbranched alkanes of at least 4 members (excludes halogenated alkanes) is 1. The molecule has 434 valence electrons. The number of esters is 1. The molecule has 0 bridgehead atoms. The molecule has 1 aliphatic carbocycles. The Morgan fingerprint density at radius 1 is 0.961 bits per heavy atom. The molecule has 5 aliphatic rings. The van der Waals surface area contributed by atoms with E-state index in [1.54, 1.807) is 39.6 Å². The van der Waals surface area contributed by atoms with E-state index in [1.165, 1.54) is 19.6 Å². The average molecular weight is 1080 g/mol. The number of aryl methyl sites for hydroxylation is 1. The quantitative estimate of drug-likeness (QED) is 0.0439. The minimum Gasteiger partial charge on any atom is -0.459 e. The molecule has 20 nitrogen and oxygen atoms in total. The van der Waals surface area contributed by atoms with E-state index in [4.69, 9.17) is 40.0 Å². The summed E-state index contributed by atoms with van der Waals surface area (Å²) >= 11 is 0. The number of nitrogens with zero attached hydrogens (tertiary/aromatic N) is 4. The molecule has 6 rings (SSSR count). The molecule has 0 radical (unpaired) electrons. The molecule has 0 amide bonds. The highest BCUT2D eigenvalue weighted by Gasteiger charge is 2.53. The van der Waals surface area contributed by atoms with Gasteiger partial charge in [-0.2, -0.15) is 0 Å². The van der Waals surface area contributed by atoms with Gasteiger partial charge >= 0.3 is 5.97 Å². The number of likely N-dealkylation sites (N-methyl/N-ethyl adjacent to an activating group) is 2. The predicted molar refractivity (Wildman–Crippen MR) is 290 cm³/mol. The Kier molecular flexibility index (Phi) is 21.5. The van der Waals surface area contributed by atoms with Crippen molar-refractivity contribution >= 4 is 11.7 Å². The second-order valence-corrected chi connectivity index (χ2v) is 24.0.